The first-order valence-corrected chi connectivity index (χ1v) is 13.2. The van der Waals surface area contributed by atoms with Crippen molar-refractivity contribution in [1.29, 1.82) is 0 Å². The molecular weight excluding hydrogens is 492 g/mol. The first-order valence-electron chi connectivity index (χ1n) is 13.2. The summed E-state index contributed by atoms with van der Waals surface area (Å²) in [7, 11) is 4.67. The monoisotopic (exact) mass is 526 g/mol. The number of ketones is 1. The Balaban J connectivity index is 1.78. The number of amides is 1. The van der Waals surface area contributed by atoms with Crippen molar-refractivity contribution in [3.05, 3.63) is 89.1 Å². The molecule has 7 nitrogen and oxygen atoms in total. The number of ether oxygens (including phenoxy) is 3. The number of para-hydroxylation sites is 2. The highest BCUT2D eigenvalue weighted by atomic mass is 16.5. The third-order valence-corrected chi connectivity index (χ3v) is 7.49. The number of hydrogen-bond acceptors (Lipinski definition) is 6. The number of nitrogens with zero attached hydrogens (tertiary/aromatic N) is 1. The van der Waals surface area contributed by atoms with Crippen LogP contribution in [0.3, 0.4) is 0 Å². The second kappa shape index (κ2) is 10.8. The van der Waals surface area contributed by atoms with E-state index in [4.69, 9.17) is 14.2 Å². The van der Waals surface area contributed by atoms with Gasteiger partial charge in [-0.25, -0.2) is 0 Å². The van der Waals surface area contributed by atoms with Gasteiger partial charge in [0.15, 0.2) is 17.3 Å². The second-order valence-electron chi connectivity index (χ2n) is 10.2. The molecule has 1 amide bonds. The lowest BCUT2D eigenvalue weighted by Crippen LogP contribution is -2.40. The van der Waals surface area contributed by atoms with E-state index in [1.165, 1.54) is 0 Å². The van der Waals surface area contributed by atoms with E-state index in [-0.39, 0.29) is 23.5 Å². The molecule has 1 N–H and O–H groups in total. The number of nitrogens with one attached hydrogen (secondary N) is 1. The van der Waals surface area contributed by atoms with Crippen molar-refractivity contribution in [1.82, 2.24) is 0 Å². The van der Waals surface area contributed by atoms with Crippen LogP contribution >= 0.6 is 0 Å². The number of fused-ring (bicyclic) bond motifs is 1. The number of anilines is 2. The Morgan fingerprint density at radius 2 is 1.51 bits per heavy atom. The fraction of sp³-hybridized carbons (Fsp3) is 0.312. The molecule has 2 aliphatic rings. The second-order valence-corrected chi connectivity index (χ2v) is 10.2. The van der Waals surface area contributed by atoms with Gasteiger partial charge in [0.05, 0.1) is 38.7 Å². The Labute approximate surface area is 229 Å². The molecule has 0 saturated carbocycles. The van der Waals surface area contributed by atoms with Crippen molar-refractivity contribution < 1.29 is 23.8 Å². The van der Waals surface area contributed by atoms with Gasteiger partial charge < -0.3 is 19.5 Å². The van der Waals surface area contributed by atoms with Gasteiger partial charge in [-0.05, 0) is 47.7 Å². The minimum absolute atomic E-state index is 0.00529. The van der Waals surface area contributed by atoms with Crippen LogP contribution in [-0.4, -0.2) is 33.0 Å². The van der Waals surface area contributed by atoms with Crippen molar-refractivity contribution in [2.75, 3.05) is 31.5 Å². The molecule has 5 rings (SSSR count). The molecule has 1 heterocycles. The van der Waals surface area contributed by atoms with Crippen LogP contribution in [0.15, 0.2) is 78.0 Å². The first kappa shape index (κ1) is 26.4. The van der Waals surface area contributed by atoms with E-state index in [1.54, 1.807) is 26.2 Å². The highest BCUT2D eigenvalue weighted by molar-refractivity contribution is 6.07. The average Bonchev–Trinajstić information content (AvgIpc) is 3.10. The summed E-state index contributed by atoms with van der Waals surface area (Å²) >= 11 is 0. The molecule has 0 spiro atoms. The molecular formula is C32H34N2O5. The standard InChI is InChI=1S/C32H34N2O5/c1-19(2)32(36)34-25-14-10-9-13-23(25)33-24-15-21(20-11-7-6-8-12-20)16-26(35)29(24)30(34)22-17-27(37-3)31(39-5)28(18-22)38-4/h6-14,17-19,21,30,33H,15-16H2,1-5H3/t21-,30-/m1/s1. The van der Waals surface area contributed by atoms with Gasteiger partial charge in [-0.15, -0.1) is 0 Å². The van der Waals surface area contributed by atoms with Gasteiger partial charge in [-0.3, -0.25) is 14.5 Å². The van der Waals surface area contributed by atoms with E-state index in [0.717, 1.165) is 16.9 Å². The van der Waals surface area contributed by atoms with Gasteiger partial charge in [0.1, 0.15) is 0 Å². The first-order chi connectivity index (χ1) is 18.9. The molecule has 0 radical (unpaired) electrons. The van der Waals surface area contributed by atoms with E-state index in [2.05, 4.69) is 17.4 Å². The molecule has 3 aromatic rings. The fourth-order valence-corrected chi connectivity index (χ4v) is 5.65. The Morgan fingerprint density at radius 1 is 0.872 bits per heavy atom. The predicted molar refractivity (Wildman–Crippen MR) is 152 cm³/mol. The molecule has 0 saturated heterocycles. The zero-order chi connectivity index (χ0) is 27.7. The largest absolute Gasteiger partial charge is 0.493 e. The van der Waals surface area contributed by atoms with Crippen LogP contribution in [0.4, 0.5) is 11.4 Å². The summed E-state index contributed by atoms with van der Waals surface area (Å²) in [6.45, 7) is 3.75. The molecule has 0 fully saturated rings. The van der Waals surface area contributed by atoms with Crippen LogP contribution in [0.25, 0.3) is 0 Å². The lowest BCUT2D eigenvalue weighted by Gasteiger charge is -2.36. The van der Waals surface area contributed by atoms with Crippen molar-refractivity contribution in [2.45, 2.75) is 38.6 Å². The number of Topliss-reactive ketones (excluding diaryl/α,β-unsaturated/α-hetero) is 1. The number of allylic oxidation sites excluding steroid dienone is 1. The van der Waals surface area contributed by atoms with Crippen molar-refractivity contribution in [2.24, 2.45) is 5.92 Å². The summed E-state index contributed by atoms with van der Waals surface area (Å²) < 4.78 is 16.9. The van der Waals surface area contributed by atoms with Crippen LogP contribution in [-0.2, 0) is 9.59 Å². The summed E-state index contributed by atoms with van der Waals surface area (Å²) in [5.41, 5.74) is 4.74. The van der Waals surface area contributed by atoms with Crippen LogP contribution in [0.2, 0.25) is 0 Å². The molecule has 0 aromatic heterocycles. The van der Waals surface area contributed by atoms with E-state index >= 15 is 0 Å². The number of carbonyl (C=O) groups is 2. The maximum atomic E-state index is 14.1. The average molecular weight is 527 g/mol. The van der Waals surface area contributed by atoms with Crippen molar-refractivity contribution in [3.8, 4) is 17.2 Å². The number of carbonyl (C=O) groups excluding carboxylic acids is 2. The van der Waals surface area contributed by atoms with E-state index in [0.29, 0.717) is 46.9 Å². The summed E-state index contributed by atoms with van der Waals surface area (Å²) in [6.07, 6.45) is 0.996. The topological polar surface area (TPSA) is 77.1 Å². The van der Waals surface area contributed by atoms with Crippen LogP contribution in [0.1, 0.15) is 49.8 Å². The quantitative estimate of drug-likeness (QED) is 0.408. The normalized spacial score (nSPS) is 18.6. The number of benzene rings is 3. The Bertz CT molecular complexity index is 1400. The summed E-state index contributed by atoms with van der Waals surface area (Å²) in [4.78, 5) is 29.9. The molecule has 0 unspecified atom stereocenters. The molecule has 2 atom stereocenters. The zero-order valence-electron chi connectivity index (χ0n) is 23.0. The third-order valence-electron chi connectivity index (χ3n) is 7.49. The predicted octanol–water partition coefficient (Wildman–Crippen LogP) is 6.27. The van der Waals surface area contributed by atoms with E-state index < -0.39 is 6.04 Å². The van der Waals surface area contributed by atoms with Gasteiger partial charge in [-0.2, -0.15) is 0 Å². The van der Waals surface area contributed by atoms with Crippen molar-refractivity contribution >= 4 is 23.1 Å². The van der Waals surface area contributed by atoms with Gasteiger partial charge >= 0.3 is 0 Å². The SMILES string of the molecule is COc1cc([C@@H]2C3=C(C[C@@H](c4ccccc4)CC3=O)Nc3ccccc3N2C(=O)C(C)C)cc(OC)c1OC. The van der Waals surface area contributed by atoms with Gasteiger partial charge in [0.2, 0.25) is 11.7 Å². The van der Waals surface area contributed by atoms with Gasteiger partial charge in [0, 0.05) is 23.6 Å². The van der Waals surface area contributed by atoms with Gasteiger partial charge in [0.25, 0.3) is 0 Å². The maximum Gasteiger partial charge on any atom is 0.230 e. The number of hydrogen-bond donors (Lipinski definition) is 1. The molecule has 1 aliphatic carbocycles. The molecule has 7 heteroatoms. The van der Waals surface area contributed by atoms with Crippen LogP contribution in [0.5, 0.6) is 17.2 Å². The van der Waals surface area contributed by atoms with E-state index in [9.17, 15) is 9.59 Å². The number of rotatable bonds is 6. The van der Waals surface area contributed by atoms with Crippen LogP contribution in [0, 0.1) is 5.92 Å². The molecule has 1 aliphatic heterocycles. The summed E-state index contributed by atoms with van der Waals surface area (Å²) in [6, 6.07) is 20.8. The molecule has 0 bridgehead atoms. The minimum Gasteiger partial charge on any atom is -0.493 e. The maximum absolute atomic E-state index is 14.1. The fourth-order valence-electron chi connectivity index (χ4n) is 5.65. The molecule has 3 aromatic carbocycles. The third kappa shape index (κ3) is 4.73. The zero-order valence-corrected chi connectivity index (χ0v) is 23.0. The molecule has 39 heavy (non-hydrogen) atoms. The summed E-state index contributed by atoms with van der Waals surface area (Å²) in [5, 5.41) is 3.57. The Hall–Kier alpha value is -4.26. The van der Waals surface area contributed by atoms with Crippen LogP contribution < -0.4 is 24.4 Å². The smallest absolute Gasteiger partial charge is 0.230 e. The Kier molecular flexibility index (Phi) is 7.33. The highest BCUT2D eigenvalue weighted by Crippen LogP contribution is 2.50. The minimum atomic E-state index is -0.691. The highest BCUT2D eigenvalue weighted by Gasteiger charge is 2.42. The summed E-state index contributed by atoms with van der Waals surface area (Å²) in [5.74, 6) is 1.01. The van der Waals surface area contributed by atoms with Crippen molar-refractivity contribution in [3.63, 3.8) is 0 Å². The lowest BCUT2D eigenvalue weighted by atomic mass is 9.78. The number of methoxy groups -OCH3 is 3. The Morgan fingerprint density at radius 3 is 2.13 bits per heavy atom. The van der Waals surface area contributed by atoms with E-state index in [1.807, 2.05) is 68.4 Å². The molecule has 202 valence electrons. The lowest BCUT2D eigenvalue weighted by molar-refractivity contribution is -0.121. The van der Waals surface area contributed by atoms with Gasteiger partial charge in [-0.1, -0.05) is 56.3 Å².